The molecule has 0 aliphatic heterocycles. The largest absolute Gasteiger partial charge is 0.337 e. The molecule has 17 heavy (non-hydrogen) atoms. The van der Waals surface area contributed by atoms with Crippen molar-refractivity contribution >= 4 is 27.0 Å². The van der Waals surface area contributed by atoms with Gasteiger partial charge in [0.05, 0.1) is 21.7 Å². The lowest BCUT2D eigenvalue weighted by molar-refractivity contribution is 1.08. The van der Waals surface area contributed by atoms with Gasteiger partial charge in [-0.05, 0) is 53.0 Å². The van der Waals surface area contributed by atoms with Gasteiger partial charge in [0.1, 0.15) is 5.69 Å². The molecule has 4 nitrogen and oxygen atoms in total. The molecule has 0 bridgehead atoms. The number of halogens is 1. The van der Waals surface area contributed by atoms with Crippen molar-refractivity contribution in [1.29, 1.82) is 0 Å². The zero-order valence-corrected chi connectivity index (χ0v) is 11.1. The van der Waals surface area contributed by atoms with E-state index in [0.717, 1.165) is 27.0 Å². The van der Waals surface area contributed by atoms with E-state index in [1.165, 1.54) is 11.1 Å². The minimum absolute atomic E-state index is 0.800. The smallest absolute Gasteiger partial charge is 0.157 e. The Morgan fingerprint density at radius 1 is 1.18 bits per heavy atom. The summed E-state index contributed by atoms with van der Waals surface area (Å²) < 4.78 is 0.907. The molecule has 0 atom stereocenters. The van der Waals surface area contributed by atoms with Gasteiger partial charge < -0.3 is 4.98 Å². The minimum atomic E-state index is 0.800. The average Bonchev–Trinajstić information content (AvgIpc) is 2.85. The topological polar surface area (TPSA) is 57.4 Å². The first kappa shape index (κ1) is 10.5. The van der Waals surface area contributed by atoms with Crippen LogP contribution in [0.3, 0.4) is 0 Å². The van der Waals surface area contributed by atoms with Crippen molar-refractivity contribution in [3.8, 4) is 11.5 Å². The summed E-state index contributed by atoms with van der Waals surface area (Å²) in [5.41, 5.74) is 5.40. The highest BCUT2D eigenvalue weighted by Gasteiger charge is 2.10. The Balaban J connectivity index is 2.24. The zero-order valence-electron chi connectivity index (χ0n) is 9.50. The Bertz CT molecular complexity index is 657. The molecule has 0 aliphatic carbocycles. The molecule has 5 heteroatoms. The molecule has 0 radical (unpaired) electrons. The van der Waals surface area contributed by atoms with E-state index < -0.39 is 0 Å². The predicted octanol–water partition coefficient (Wildman–Crippen LogP) is 3.33. The molecule has 2 aromatic heterocycles. The number of benzene rings is 1. The first-order valence-corrected chi connectivity index (χ1v) is 6.10. The maximum Gasteiger partial charge on any atom is 0.157 e. The Kier molecular flexibility index (Phi) is 2.29. The fourth-order valence-corrected chi connectivity index (χ4v) is 2.20. The lowest BCUT2D eigenvalue weighted by atomic mass is 10.1. The average molecular weight is 291 g/mol. The summed E-state index contributed by atoms with van der Waals surface area (Å²) in [5.74, 6) is 0.800. The first-order chi connectivity index (χ1) is 8.15. The second kappa shape index (κ2) is 3.70. The van der Waals surface area contributed by atoms with Crippen LogP contribution in [-0.2, 0) is 0 Å². The zero-order chi connectivity index (χ0) is 12.0. The van der Waals surface area contributed by atoms with E-state index in [1.54, 1.807) is 6.20 Å². The Morgan fingerprint density at radius 3 is 2.65 bits per heavy atom. The molecule has 0 unspecified atom stereocenters. The maximum atomic E-state index is 4.56. The second-order valence-electron chi connectivity index (χ2n) is 4.13. The molecule has 2 heterocycles. The quantitative estimate of drug-likeness (QED) is 0.722. The van der Waals surface area contributed by atoms with Gasteiger partial charge in [0.25, 0.3) is 0 Å². The summed E-state index contributed by atoms with van der Waals surface area (Å²) in [6.07, 6.45) is 1.72. The van der Waals surface area contributed by atoms with Crippen molar-refractivity contribution in [2.45, 2.75) is 13.8 Å². The molecular formula is C12H11BrN4. The van der Waals surface area contributed by atoms with Gasteiger partial charge in [-0.1, -0.05) is 0 Å². The molecule has 1 aromatic carbocycles. The van der Waals surface area contributed by atoms with Crippen LogP contribution < -0.4 is 0 Å². The number of nitrogens with zero attached hydrogens (tertiary/aromatic N) is 2. The molecule has 86 valence electrons. The lowest BCUT2D eigenvalue weighted by Crippen LogP contribution is -1.80. The van der Waals surface area contributed by atoms with Crippen molar-refractivity contribution in [2.24, 2.45) is 0 Å². The number of H-pyrrole nitrogens is 2. The van der Waals surface area contributed by atoms with Crippen LogP contribution >= 0.6 is 15.9 Å². The van der Waals surface area contributed by atoms with E-state index in [0.29, 0.717) is 0 Å². The predicted molar refractivity (Wildman–Crippen MR) is 70.8 cm³/mol. The van der Waals surface area contributed by atoms with E-state index >= 15 is 0 Å². The van der Waals surface area contributed by atoms with Crippen molar-refractivity contribution in [1.82, 2.24) is 20.2 Å². The van der Waals surface area contributed by atoms with E-state index in [9.17, 15) is 0 Å². The first-order valence-electron chi connectivity index (χ1n) is 5.31. The Morgan fingerprint density at radius 2 is 1.94 bits per heavy atom. The van der Waals surface area contributed by atoms with Gasteiger partial charge >= 0.3 is 0 Å². The number of fused-ring (bicyclic) bond motifs is 1. The van der Waals surface area contributed by atoms with Crippen LogP contribution in [0, 0.1) is 13.8 Å². The third-order valence-corrected chi connectivity index (χ3v) is 3.53. The van der Waals surface area contributed by atoms with Gasteiger partial charge in [-0.2, -0.15) is 5.10 Å². The van der Waals surface area contributed by atoms with Crippen LogP contribution in [0.2, 0.25) is 0 Å². The molecule has 0 aliphatic rings. The summed E-state index contributed by atoms with van der Waals surface area (Å²) >= 11 is 3.44. The van der Waals surface area contributed by atoms with Gasteiger partial charge in [-0.3, -0.25) is 5.10 Å². The van der Waals surface area contributed by atoms with Crippen LogP contribution in [-0.4, -0.2) is 20.2 Å². The Hall–Kier alpha value is -1.62. The van der Waals surface area contributed by atoms with Gasteiger partial charge in [0.2, 0.25) is 0 Å². The van der Waals surface area contributed by atoms with E-state index in [4.69, 9.17) is 0 Å². The van der Waals surface area contributed by atoms with Gasteiger partial charge in [-0.25, -0.2) is 4.98 Å². The summed E-state index contributed by atoms with van der Waals surface area (Å²) in [7, 11) is 0. The third-order valence-electron chi connectivity index (χ3n) is 2.93. The number of hydrogen-bond acceptors (Lipinski definition) is 2. The monoisotopic (exact) mass is 290 g/mol. The van der Waals surface area contributed by atoms with Crippen LogP contribution in [0.25, 0.3) is 22.6 Å². The normalized spacial score (nSPS) is 11.2. The Labute approximate surface area is 107 Å². The van der Waals surface area contributed by atoms with E-state index in [-0.39, 0.29) is 0 Å². The highest BCUT2D eigenvalue weighted by Crippen LogP contribution is 2.26. The third kappa shape index (κ3) is 1.67. The number of rotatable bonds is 1. The minimum Gasteiger partial charge on any atom is -0.337 e. The van der Waals surface area contributed by atoms with Crippen molar-refractivity contribution in [2.75, 3.05) is 0 Å². The number of aromatic nitrogens is 4. The fraction of sp³-hybridized carbons (Fsp3) is 0.167. The van der Waals surface area contributed by atoms with Gasteiger partial charge in [0, 0.05) is 0 Å². The van der Waals surface area contributed by atoms with Crippen molar-refractivity contribution < 1.29 is 0 Å². The molecular weight excluding hydrogens is 280 g/mol. The lowest BCUT2D eigenvalue weighted by Gasteiger charge is -1.97. The molecule has 2 N–H and O–H groups in total. The van der Waals surface area contributed by atoms with Gasteiger partial charge in [0.15, 0.2) is 5.82 Å². The molecule has 0 saturated heterocycles. The molecule has 3 aromatic rings. The SMILES string of the molecule is Cc1cc2nc(-c3[nH]ncc3Br)[nH]c2cc1C. The van der Waals surface area contributed by atoms with E-state index in [2.05, 4.69) is 62.1 Å². The number of aryl methyl sites for hydroxylation is 2. The molecule has 0 amide bonds. The molecule has 3 rings (SSSR count). The summed E-state index contributed by atoms with van der Waals surface area (Å²) in [4.78, 5) is 7.86. The van der Waals surface area contributed by atoms with Crippen molar-refractivity contribution in [3.05, 3.63) is 33.9 Å². The fourth-order valence-electron chi connectivity index (χ4n) is 1.83. The highest BCUT2D eigenvalue weighted by atomic mass is 79.9. The second-order valence-corrected chi connectivity index (χ2v) is 4.99. The number of aromatic amines is 2. The van der Waals surface area contributed by atoms with Crippen LogP contribution in [0.15, 0.2) is 22.8 Å². The maximum absolute atomic E-state index is 4.56. The number of nitrogens with one attached hydrogen (secondary N) is 2. The van der Waals surface area contributed by atoms with E-state index in [1.807, 2.05) is 0 Å². The standard InChI is InChI=1S/C12H11BrN4/c1-6-3-9-10(4-7(6)2)16-12(15-9)11-8(13)5-14-17-11/h3-5H,1-2H3,(H,14,17)(H,15,16). The molecule has 0 saturated carbocycles. The molecule has 0 fully saturated rings. The van der Waals surface area contributed by atoms with Crippen LogP contribution in [0.5, 0.6) is 0 Å². The number of imidazole rings is 1. The number of hydrogen-bond donors (Lipinski definition) is 2. The summed E-state index contributed by atoms with van der Waals surface area (Å²) in [6.45, 7) is 4.19. The van der Waals surface area contributed by atoms with Crippen LogP contribution in [0.4, 0.5) is 0 Å². The van der Waals surface area contributed by atoms with Crippen molar-refractivity contribution in [3.63, 3.8) is 0 Å². The molecule has 0 spiro atoms. The summed E-state index contributed by atoms with van der Waals surface area (Å²) in [5, 5.41) is 6.89. The van der Waals surface area contributed by atoms with Crippen LogP contribution in [0.1, 0.15) is 11.1 Å². The van der Waals surface area contributed by atoms with Gasteiger partial charge in [-0.15, -0.1) is 0 Å². The highest BCUT2D eigenvalue weighted by molar-refractivity contribution is 9.10. The summed E-state index contributed by atoms with van der Waals surface area (Å²) in [6, 6.07) is 4.21.